The number of carboxylic acids is 1. The van der Waals surface area contributed by atoms with Gasteiger partial charge < -0.3 is 20.0 Å². The average Bonchev–Trinajstić information content (AvgIpc) is 3.37. The maximum absolute atomic E-state index is 14.1. The summed E-state index contributed by atoms with van der Waals surface area (Å²) in [4.78, 5) is 43.4. The molecule has 2 amide bonds. The van der Waals surface area contributed by atoms with Gasteiger partial charge in [-0.2, -0.15) is 0 Å². The summed E-state index contributed by atoms with van der Waals surface area (Å²) in [6.07, 6.45) is 2.17. The number of aliphatic hydroxyl groups excluding tert-OH is 1. The molecule has 1 spiro atoms. The molecule has 7 nitrogen and oxygen atoms in total. The highest BCUT2D eigenvalue weighted by atomic mass is 79.9. The van der Waals surface area contributed by atoms with Gasteiger partial charge in [0.1, 0.15) is 6.04 Å². The molecule has 0 saturated carbocycles. The van der Waals surface area contributed by atoms with Gasteiger partial charge in [-0.1, -0.05) is 52.3 Å². The number of nitrogens with zero attached hydrogens (tertiary/aromatic N) is 2. The van der Waals surface area contributed by atoms with Crippen molar-refractivity contribution < 1.29 is 24.6 Å². The van der Waals surface area contributed by atoms with E-state index in [9.17, 15) is 24.6 Å². The van der Waals surface area contributed by atoms with Crippen LogP contribution in [-0.4, -0.2) is 77.9 Å². The van der Waals surface area contributed by atoms with Gasteiger partial charge in [0.2, 0.25) is 11.8 Å². The number of amides is 2. The van der Waals surface area contributed by atoms with Gasteiger partial charge in [-0.3, -0.25) is 14.4 Å². The summed E-state index contributed by atoms with van der Waals surface area (Å²) in [5.41, 5.74) is 0.712. The zero-order valence-corrected chi connectivity index (χ0v) is 21.0. The molecule has 7 atom stereocenters. The lowest BCUT2D eigenvalue weighted by molar-refractivity contribution is -0.150. The molecular weight excluding hydrogens is 508 g/mol. The van der Waals surface area contributed by atoms with Gasteiger partial charge in [-0.15, -0.1) is 18.3 Å². The van der Waals surface area contributed by atoms with Crippen LogP contribution in [0.5, 0.6) is 0 Å². The molecule has 3 unspecified atom stereocenters. The maximum atomic E-state index is 14.1. The average molecular weight is 537 g/mol. The molecule has 3 saturated heterocycles. The van der Waals surface area contributed by atoms with Crippen molar-refractivity contribution in [1.29, 1.82) is 0 Å². The summed E-state index contributed by atoms with van der Waals surface area (Å²) in [6, 6.07) is 7.37. The van der Waals surface area contributed by atoms with Gasteiger partial charge >= 0.3 is 5.97 Å². The van der Waals surface area contributed by atoms with Crippen LogP contribution >= 0.6 is 27.7 Å². The zero-order valence-electron chi connectivity index (χ0n) is 18.6. The normalized spacial score (nSPS) is 33.3. The van der Waals surface area contributed by atoms with Crippen molar-refractivity contribution in [2.45, 2.75) is 53.2 Å². The van der Waals surface area contributed by atoms with Crippen molar-refractivity contribution in [3.8, 4) is 0 Å². The first kappa shape index (κ1) is 24.3. The molecule has 0 aliphatic carbocycles. The second kappa shape index (κ2) is 9.07. The van der Waals surface area contributed by atoms with Crippen molar-refractivity contribution in [3.05, 3.63) is 48.6 Å². The van der Waals surface area contributed by atoms with E-state index in [0.717, 1.165) is 0 Å². The van der Waals surface area contributed by atoms with E-state index in [0.29, 0.717) is 18.5 Å². The second-order valence-electron chi connectivity index (χ2n) is 9.23. The first-order chi connectivity index (χ1) is 15.7. The van der Waals surface area contributed by atoms with E-state index in [2.05, 4.69) is 22.5 Å². The highest BCUT2D eigenvalue weighted by molar-refractivity contribution is 9.09. The largest absolute Gasteiger partial charge is 0.481 e. The lowest BCUT2D eigenvalue weighted by Gasteiger charge is -2.41. The highest BCUT2D eigenvalue weighted by Crippen LogP contribution is 2.68. The van der Waals surface area contributed by atoms with Crippen LogP contribution in [0.1, 0.15) is 31.9 Å². The Labute approximate surface area is 206 Å². The first-order valence-corrected chi connectivity index (χ1v) is 12.9. The number of carbonyl (C=O) groups is 3. The van der Waals surface area contributed by atoms with Gasteiger partial charge in [0, 0.05) is 22.7 Å². The Hall–Kier alpha value is -1.84. The number of alkyl halides is 1. The molecule has 178 valence electrons. The van der Waals surface area contributed by atoms with E-state index >= 15 is 0 Å². The van der Waals surface area contributed by atoms with Crippen LogP contribution in [0, 0.1) is 11.8 Å². The fraction of sp³-hybridized carbons (Fsp3) is 0.542. The standard InChI is InChI=1S/C24H29BrN2O5S/c1-4-10-26(13(2)3)22(30)20-24-11-15(25)19(33-24)17(23(31)32)18(24)21(29)27(20)16(12-28)14-8-6-5-7-9-14/h4-9,13,15-20,28H,1,10-12H2,2-3H3,(H,31,32)/t15?,16-,17-,18+,19-,20?,24?/m1/s1. The molecule has 33 heavy (non-hydrogen) atoms. The Morgan fingerprint density at radius 2 is 2.03 bits per heavy atom. The Morgan fingerprint density at radius 3 is 2.58 bits per heavy atom. The molecule has 2 N–H and O–H groups in total. The predicted octanol–water partition coefficient (Wildman–Crippen LogP) is 2.69. The van der Waals surface area contributed by atoms with Gasteiger partial charge in [-0.25, -0.2) is 0 Å². The maximum Gasteiger partial charge on any atom is 0.308 e. The number of hydrogen-bond acceptors (Lipinski definition) is 5. The Morgan fingerprint density at radius 1 is 1.36 bits per heavy atom. The molecule has 3 aliphatic rings. The first-order valence-electron chi connectivity index (χ1n) is 11.1. The molecule has 9 heteroatoms. The minimum atomic E-state index is -1.02. The Balaban J connectivity index is 1.88. The highest BCUT2D eigenvalue weighted by Gasteiger charge is 2.76. The summed E-state index contributed by atoms with van der Waals surface area (Å²) in [5.74, 6) is -3.31. The second-order valence-corrected chi connectivity index (χ2v) is 11.9. The van der Waals surface area contributed by atoms with Crippen molar-refractivity contribution in [3.63, 3.8) is 0 Å². The number of aliphatic hydroxyl groups is 1. The predicted molar refractivity (Wildman–Crippen MR) is 130 cm³/mol. The number of halogens is 1. The SMILES string of the molecule is C=CCN(C(=O)C1N([C@H](CO)c2ccccc2)C(=O)[C@@H]2[C@@H](C(=O)O)[C@@H]3SC12CC3Br)C(C)C. The molecule has 3 heterocycles. The van der Waals surface area contributed by atoms with Crippen LogP contribution in [0.25, 0.3) is 0 Å². The molecule has 3 aliphatic heterocycles. The van der Waals surface area contributed by atoms with Crippen LogP contribution in [-0.2, 0) is 14.4 Å². The van der Waals surface area contributed by atoms with Crippen LogP contribution in [0.15, 0.2) is 43.0 Å². The van der Waals surface area contributed by atoms with E-state index in [-0.39, 0.29) is 34.5 Å². The topological polar surface area (TPSA) is 98.2 Å². The van der Waals surface area contributed by atoms with Crippen LogP contribution in [0.4, 0.5) is 0 Å². The van der Waals surface area contributed by atoms with Crippen LogP contribution < -0.4 is 0 Å². The van der Waals surface area contributed by atoms with Gasteiger partial charge in [0.05, 0.1) is 29.2 Å². The monoisotopic (exact) mass is 536 g/mol. The summed E-state index contributed by atoms with van der Waals surface area (Å²) in [7, 11) is 0. The summed E-state index contributed by atoms with van der Waals surface area (Å²) >= 11 is 5.11. The number of rotatable bonds is 8. The van der Waals surface area contributed by atoms with E-state index in [4.69, 9.17) is 0 Å². The number of carbonyl (C=O) groups excluding carboxylic acids is 2. The fourth-order valence-electron chi connectivity index (χ4n) is 5.85. The molecule has 3 fully saturated rings. The van der Waals surface area contributed by atoms with Crippen LogP contribution in [0.2, 0.25) is 0 Å². The molecule has 1 aromatic rings. The molecule has 1 aromatic carbocycles. The Kier molecular flexibility index (Phi) is 6.68. The van der Waals surface area contributed by atoms with Gasteiger partial charge in [0.15, 0.2) is 0 Å². The summed E-state index contributed by atoms with van der Waals surface area (Å²) in [6.45, 7) is 7.55. The smallest absolute Gasteiger partial charge is 0.308 e. The van der Waals surface area contributed by atoms with E-state index in [1.807, 2.05) is 44.2 Å². The van der Waals surface area contributed by atoms with E-state index < -0.39 is 34.6 Å². The lowest BCUT2D eigenvalue weighted by Crippen LogP contribution is -2.57. The fourth-order valence-corrected chi connectivity index (χ4v) is 9.43. The van der Waals surface area contributed by atoms with Crippen LogP contribution in [0.3, 0.4) is 0 Å². The third kappa shape index (κ3) is 3.63. The van der Waals surface area contributed by atoms with Crippen molar-refractivity contribution in [2.24, 2.45) is 11.8 Å². The number of hydrogen-bond donors (Lipinski definition) is 2. The Bertz CT molecular complexity index is 959. The summed E-state index contributed by atoms with van der Waals surface area (Å²) in [5, 5.41) is 20.2. The zero-order chi connectivity index (χ0) is 24.1. The lowest BCUT2D eigenvalue weighted by atomic mass is 9.71. The number of likely N-dealkylation sites (tertiary alicyclic amines) is 1. The van der Waals surface area contributed by atoms with Crippen molar-refractivity contribution in [2.75, 3.05) is 13.2 Å². The number of thioether (sulfide) groups is 1. The third-order valence-electron chi connectivity index (χ3n) is 7.17. The molecule has 2 bridgehead atoms. The number of benzene rings is 1. The van der Waals surface area contributed by atoms with Crippen molar-refractivity contribution >= 4 is 45.5 Å². The van der Waals surface area contributed by atoms with E-state index in [1.165, 1.54) is 16.7 Å². The third-order valence-corrected chi connectivity index (χ3v) is 10.4. The number of fused-ring (bicyclic) bond motifs is 1. The molecule has 0 radical (unpaired) electrons. The molecule has 0 aromatic heterocycles. The summed E-state index contributed by atoms with van der Waals surface area (Å²) < 4.78 is -0.868. The number of aliphatic carboxylic acids is 1. The van der Waals surface area contributed by atoms with Crippen molar-refractivity contribution in [1.82, 2.24) is 9.80 Å². The quantitative estimate of drug-likeness (QED) is 0.391. The molecule has 4 rings (SSSR count). The number of carboxylic acid groups (broad SMARTS) is 1. The molecular formula is C24H29BrN2O5S. The van der Waals surface area contributed by atoms with Gasteiger partial charge in [-0.05, 0) is 25.8 Å². The van der Waals surface area contributed by atoms with Gasteiger partial charge in [0.25, 0.3) is 0 Å². The minimum absolute atomic E-state index is 0.112. The van der Waals surface area contributed by atoms with E-state index in [1.54, 1.807) is 11.0 Å². The minimum Gasteiger partial charge on any atom is -0.481 e.